The average molecular weight is 306 g/mol. The van der Waals surface area contributed by atoms with E-state index in [0.717, 1.165) is 0 Å². The monoisotopic (exact) mass is 305 g/mol. The molecule has 21 heavy (non-hydrogen) atoms. The molecule has 1 aromatic carbocycles. The summed E-state index contributed by atoms with van der Waals surface area (Å²) >= 11 is 5.96. The number of hydrogen-bond donors (Lipinski definition) is 2. The van der Waals surface area contributed by atoms with Crippen LogP contribution in [0.4, 0.5) is 5.69 Å². The minimum Gasteiger partial charge on any atom is -0.481 e. The van der Waals surface area contributed by atoms with Gasteiger partial charge in [0, 0.05) is 17.4 Å². The van der Waals surface area contributed by atoms with Gasteiger partial charge in [0.1, 0.15) is 0 Å². The Balaban J connectivity index is 1.84. The fourth-order valence-corrected chi connectivity index (χ4v) is 2.37. The van der Waals surface area contributed by atoms with Crippen LogP contribution in [0.25, 0.3) is 5.69 Å². The number of carbonyl (C=O) groups excluding carboxylic acids is 1. The Morgan fingerprint density at radius 3 is 2.81 bits per heavy atom. The van der Waals surface area contributed by atoms with Gasteiger partial charge >= 0.3 is 5.97 Å². The summed E-state index contributed by atoms with van der Waals surface area (Å²) in [4.78, 5) is 22.9. The van der Waals surface area contributed by atoms with E-state index in [-0.39, 0.29) is 5.91 Å². The van der Waals surface area contributed by atoms with E-state index in [2.05, 4.69) is 10.4 Å². The molecular weight excluding hydrogens is 294 g/mol. The molecule has 2 aromatic rings. The molecule has 0 saturated heterocycles. The number of halogens is 1. The summed E-state index contributed by atoms with van der Waals surface area (Å²) in [5, 5.41) is 16.2. The van der Waals surface area contributed by atoms with Crippen LogP contribution >= 0.6 is 11.6 Å². The van der Waals surface area contributed by atoms with Crippen molar-refractivity contribution < 1.29 is 14.7 Å². The largest absolute Gasteiger partial charge is 0.481 e. The van der Waals surface area contributed by atoms with Crippen molar-refractivity contribution in [3.63, 3.8) is 0 Å². The van der Waals surface area contributed by atoms with Gasteiger partial charge in [0.05, 0.1) is 23.2 Å². The molecule has 2 unspecified atom stereocenters. The third kappa shape index (κ3) is 2.75. The average Bonchev–Trinajstić information content (AvgIpc) is 3.08. The predicted octanol–water partition coefficient (Wildman–Crippen LogP) is 2.18. The van der Waals surface area contributed by atoms with Crippen LogP contribution < -0.4 is 5.32 Å². The highest BCUT2D eigenvalue weighted by molar-refractivity contribution is 6.31. The fraction of sp³-hybridized carbons (Fsp3) is 0.214. The van der Waals surface area contributed by atoms with Gasteiger partial charge in [-0.05, 0) is 30.7 Å². The number of amides is 1. The van der Waals surface area contributed by atoms with Gasteiger partial charge in [-0.15, -0.1) is 0 Å². The molecule has 1 aliphatic rings. The topological polar surface area (TPSA) is 84.2 Å². The lowest BCUT2D eigenvalue weighted by molar-refractivity contribution is -0.139. The van der Waals surface area contributed by atoms with Gasteiger partial charge in [0.2, 0.25) is 5.91 Å². The maximum atomic E-state index is 12.1. The van der Waals surface area contributed by atoms with E-state index >= 15 is 0 Å². The van der Waals surface area contributed by atoms with E-state index in [1.54, 1.807) is 41.3 Å². The van der Waals surface area contributed by atoms with Crippen molar-refractivity contribution >= 4 is 29.2 Å². The highest BCUT2D eigenvalue weighted by Crippen LogP contribution is 2.40. The summed E-state index contributed by atoms with van der Waals surface area (Å²) in [6.07, 6.45) is 3.75. The van der Waals surface area contributed by atoms with Gasteiger partial charge in [0.25, 0.3) is 0 Å². The summed E-state index contributed by atoms with van der Waals surface area (Å²) in [6.45, 7) is 0. The third-order valence-corrected chi connectivity index (χ3v) is 3.65. The quantitative estimate of drug-likeness (QED) is 0.907. The number of rotatable bonds is 4. The second kappa shape index (κ2) is 5.21. The number of anilines is 1. The standard InChI is InChI=1S/C14H12ClN3O3/c15-8-2-3-12(18-5-1-4-16-18)11(6-8)17-13(19)9-7-10(9)14(20)21/h1-6,9-10H,7H2,(H,17,19)(H,20,21). The molecule has 0 spiro atoms. The number of hydrogen-bond acceptors (Lipinski definition) is 3. The van der Waals surface area contributed by atoms with Crippen LogP contribution in [0.15, 0.2) is 36.7 Å². The van der Waals surface area contributed by atoms with Gasteiger partial charge in [-0.2, -0.15) is 5.10 Å². The first-order valence-electron chi connectivity index (χ1n) is 6.39. The van der Waals surface area contributed by atoms with Crippen LogP contribution in [0.3, 0.4) is 0 Å². The number of aromatic nitrogens is 2. The van der Waals surface area contributed by atoms with E-state index in [0.29, 0.717) is 22.8 Å². The van der Waals surface area contributed by atoms with E-state index in [1.807, 2.05) is 0 Å². The van der Waals surface area contributed by atoms with Gasteiger partial charge in [0.15, 0.2) is 0 Å². The zero-order valence-corrected chi connectivity index (χ0v) is 11.6. The highest BCUT2D eigenvalue weighted by Gasteiger charge is 2.48. The lowest BCUT2D eigenvalue weighted by Gasteiger charge is -2.11. The molecule has 6 nitrogen and oxygen atoms in total. The second-order valence-corrected chi connectivity index (χ2v) is 5.32. The lowest BCUT2D eigenvalue weighted by atomic mass is 10.2. The van der Waals surface area contributed by atoms with E-state index in [1.165, 1.54) is 0 Å². The van der Waals surface area contributed by atoms with Crippen LogP contribution in [0, 0.1) is 11.8 Å². The number of carboxylic acid groups (broad SMARTS) is 1. The molecule has 1 saturated carbocycles. The van der Waals surface area contributed by atoms with Crippen LogP contribution in [0.5, 0.6) is 0 Å². The Morgan fingerprint density at radius 2 is 2.19 bits per heavy atom. The molecule has 108 valence electrons. The van der Waals surface area contributed by atoms with Gasteiger partial charge in [-0.1, -0.05) is 11.6 Å². The number of aliphatic carboxylic acids is 1. The van der Waals surface area contributed by atoms with Crippen molar-refractivity contribution in [2.45, 2.75) is 6.42 Å². The zero-order chi connectivity index (χ0) is 15.0. The van der Waals surface area contributed by atoms with Crippen molar-refractivity contribution in [2.24, 2.45) is 11.8 Å². The summed E-state index contributed by atoms with van der Waals surface area (Å²) in [7, 11) is 0. The van der Waals surface area contributed by atoms with E-state index in [4.69, 9.17) is 16.7 Å². The molecule has 2 atom stereocenters. The molecule has 7 heteroatoms. The van der Waals surface area contributed by atoms with Crippen molar-refractivity contribution in [1.82, 2.24) is 9.78 Å². The first-order valence-corrected chi connectivity index (χ1v) is 6.77. The van der Waals surface area contributed by atoms with E-state index < -0.39 is 17.8 Å². The molecule has 0 radical (unpaired) electrons. The molecule has 0 bridgehead atoms. The first kappa shape index (κ1) is 13.6. The molecule has 1 fully saturated rings. The number of nitrogens with one attached hydrogen (secondary N) is 1. The van der Waals surface area contributed by atoms with Crippen molar-refractivity contribution in [1.29, 1.82) is 0 Å². The predicted molar refractivity (Wildman–Crippen MR) is 76.4 cm³/mol. The summed E-state index contributed by atoms with van der Waals surface area (Å²) in [5.74, 6) is -2.31. The minimum atomic E-state index is -0.937. The number of carboxylic acids is 1. The van der Waals surface area contributed by atoms with Crippen molar-refractivity contribution in [2.75, 3.05) is 5.32 Å². The Kier molecular flexibility index (Phi) is 3.39. The highest BCUT2D eigenvalue weighted by atomic mass is 35.5. The lowest BCUT2D eigenvalue weighted by Crippen LogP contribution is -2.18. The van der Waals surface area contributed by atoms with E-state index in [9.17, 15) is 9.59 Å². The molecule has 1 amide bonds. The second-order valence-electron chi connectivity index (χ2n) is 4.89. The number of carbonyl (C=O) groups is 2. The fourth-order valence-electron chi connectivity index (χ4n) is 2.20. The zero-order valence-electron chi connectivity index (χ0n) is 10.9. The molecule has 1 aromatic heterocycles. The Labute approximate surface area is 125 Å². The van der Waals surface area contributed by atoms with Gasteiger partial charge in [-0.25, -0.2) is 4.68 Å². The normalized spacial score (nSPS) is 20.0. The Morgan fingerprint density at radius 1 is 1.38 bits per heavy atom. The Hall–Kier alpha value is -2.34. The van der Waals surface area contributed by atoms with Crippen LogP contribution in [0.1, 0.15) is 6.42 Å². The molecule has 1 aliphatic carbocycles. The van der Waals surface area contributed by atoms with Crippen LogP contribution in [-0.2, 0) is 9.59 Å². The van der Waals surface area contributed by atoms with Crippen molar-refractivity contribution in [3.05, 3.63) is 41.7 Å². The molecule has 2 N–H and O–H groups in total. The van der Waals surface area contributed by atoms with Crippen molar-refractivity contribution in [3.8, 4) is 5.69 Å². The Bertz CT molecular complexity index is 699. The first-order chi connectivity index (χ1) is 10.1. The number of nitrogens with zero attached hydrogens (tertiary/aromatic N) is 2. The number of benzene rings is 1. The van der Waals surface area contributed by atoms with Crippen LogP contribution in [0.2, 0.25) is 5.02 Å². The van der Waals surface area contributed by atoms with Gasteiger partial charge in [-0.3, -0.25) is 9.59 Å². The third-order valence-electron chi connectivity index (χ3n) is 3.41. The minimum absolute atomic E-state index is 0.307. The maximum Gasteiger partial charge on any atom is 0.307 e. The molecule has 1 heterocycles. The SMILES string of the molecule is O=C(O)C1CC1C(=O)Nc1cc(Cl)ccc1-n1cccn1. The molecular formula is C14H12ClN3O3. The summed E-state index contributed by atoms with van der Waals surface area (Å²) < 4.78 is 1.60. The molecule has 3 rings (SSSR count). The van der Waals surface area contributed by atoms with Crippen LogP contribution in [-0.4, -0.2) is 26.8 Å². The maximum absolute atomic E-state index is 12.1. The summed E-state index contributed by atoms with van der Waals surface area (Å²) in [5.41, 5.74) is 1.18. The smallest absolute Gasteiger partial charge is 0.307 e. The summed E-state index contributed by atoms with van der Waals surface area (Å²) in [6, 6.07) is 6.83. The molecule has 0 aliphatic heterocycles. The van der Waals surface area contributed by atoms with Gasteiger partial charge < -0.3 is 10.4 Å².